The molecule has 1 saturated heterocycles. The van der Waals surface area contributed by atoms with Crippen molar-refractivity contribution in [3.8, 4) is 0 Å². The van der Waals surface area contributed by atoms with Gasteiger partial charge in [0.25, 0.3) is 0 Å². The van der Waals surface area contributed by atoms with E-state index in [0.717, 1.165) is 25.6 Å². The van der Waals surface area contributed by atoms with E-state index in [1.807, 2.05) is 0 Å². The predicted octanol–water partition coefficient (Wildman–Crippen LogP) is 1.69. The van der Waals surface area contributed by atoms with Crippen LogP contribution in [0.25, 0.3) is 0 Å². The fraction of sp³-hybridized carbons (Fsp3) is 0.833. The summed E-state index contributed by atoms with van der Waals surface area (Å²) < 4.78 is 0. The Morgan fingerprint density at radius 3 is 2.79 bits per heavy atom. The first-order valence-corrected chi connectivity index (χ1v) is 5.95. The molecule has 1 saturated carbocycles. The molecule has 0 bridgehead atoms. The third-order valence-corrected chi connectivity index (χ3v) is 3.33. The topological polar surface area (TPSA) is 24.1 Å². The third kappa shape index (κ3) is 3.10. The molecule has 0 amide bonds. The van der Waals surface area contributed by atoms with Crippen LogP contribution in [0.1, 0.15) is 32.6 Å². The lowest BCUT2D eigenvalue weighted by molar-refractivity contribution is 0.600. The summed E-state index contributed by atoms with van der Waals surface area (Å²) in [7, 11) is 0. The SMILES string of the molecule is CC(CNCCCC1CC1)=C1CNC1. The standard InChI is InChI=1S/C12H22N2/c1-10(12-8-14-9-12)7-13-6-2-3-11-4-5-11/h11,13-14H,2-9H2,1H3. The van der Waals surface area contributed by atoms with Crippen molar-refractivity contribution in [2.75, 3.05) is 26.2 Å². The van der Waals surface area contributed by atoms with Gasteiger partial charge in [-0.15, -0.1) is 0 Å². The molecule has 0 radical (unpaired) electrons. The Bertz CT molecular complexity index is 210. The Balaban J connectivity index is 1.49. The van der Waals surface area contributed by atoms with E-state index in [0.29, 0.717) is 0 Å². The van der Waals surface area contributed by atoms with Gasteiger partial charge in [-0.05, 0) is 37.8 Å². The minimum absolute atomic E-state index is 1.09. The predicted molar refractivity (Wildman–Crippen MR) is 60.4 cm³/mol. The third-order valence-electron chi connectivity index (χ3n) is 3.33. The fourth-order valence-corrected chi connectivity index (χ4v) is 1.87. The summed E-state index contributed by atoms with van der Waals surface area (Å²) in [4.78, 5) is 0. The number of hydrogen-bond acceptors (Lipinski definition) is 2. The fourth-order valence-electron chi connectivity index (χ4n) is 1.87. The van der Waals surface area contributed by atoms with Gasteiger partial charge in [-0.1, -0.05) is 18.4 Å². The second-order valence-electron chi connectivity index (χ2n) is 4.75. The first kappa shape index (κ1) is 10.2. The van der Waals surface area contributed by atoms with Gasteiger partial charge in [0.1, 0.15) is 0 Å². The molecule has 2 nitrogen and oxygen atoms in total. The van der Waals surface area contributed by atoms with Crippen LogP contribution in [0.15, 0.2) is 11.1 Å². The summed E-state index contributed by atoms with van der Waals surface area (Å²) in [5.74, 6) is 1.09. The average molecular weight is 194 g/mol. The molecule has 2 rings (SSSR count). The van der Waals surface area contributed by atoms with E-state index in [-0.39, 0.29) is 0 Å². The van der Waals surface area contributed by atoms with Gasteiger partial charge in [-0.3, -0.25) is 0 Å². The highest BCUT2D eigenvalue weighted by molar-refractivity contribution is 5.22. The lowest BCUT2D eigenvalue weighted by Crippen LogP contribution is -2.36. The van der Waals surface area contributed by atoms with Crippen molar-refractivity contribution in [1.29, 1.82) is 0 Å². The monoisotopic (exact) mass is 194 g/mol. The average Bonchev–Trinajstić information content (AvgIpc) is 2.84. The van der Waals surface area contributed by atoms with Crippen LogP contribution in [-0.2, 0) is 0 Å². The van der Waals surface area contributed by atoms with Gasteiger partial charge in [0.15, 0.2) is 0 Å². The molecule has 0 atom stereocenters. The largest absolute Gasteiger partial charge is 0.313 e. The molecule has 1 heterocycles. The highest BCUT2D eigenvalue weighted by Gasteiger charge is 2.19. The molecule has 1 aliphatic heterocycles. The zero-order valence-corrected chi connectivity index (χ0v) is 9.23. The number of nitrogens with one attached hydrogen (secondary N) is 2. The first-order chi connectivity index (χ1) is 6.86. The van der Waals surface area contributed by atoms with E-state index in [1.54, 1.807) is 11.1 Å². The Morgan fingerprint density at radius 1 is 1.43 bits per heavy atom. The molecular formula is C12H22N2. The quantitative estimate of drug-likeness (QED) is 0.496. The van der Waals surface area contributed by atoms with Gasteiger partial charge in [-0.25, -0.2) is 0 Å². The van der Waals surface area contributed by atoms with Crippen LogP contribution < -0.4 is 10.6 Å². The highest BCUT2D eigenvalue weighted by atomic mass is 14.9. The van der Waals surface area contributed by atoms with Crippen LogP contribution >= 0.6 is 0 Å². The number of rotatable bonds is 6. The Labute approximate surface area is 87.2 Å². The molecule has 2 heteroatoms. The summed E-state index contributed by atoms with van der Waals surface area (Å²) in [6.45, 7) is 6.80. The zero-order valence-electron chi connectivity index (χ0n) is 9.23. The lowest BCUT2D eigenvalue weighted by Gasteiger charge is -2.22. The first-order valence-electron chi connectivity index (χ1n) is 5.95. The van der Waals surface area contributed by atoms with Crippen LogP contribution in [0, 0.1) is 5.92 Å². The van der Waals surface area contributed by atoms with Crippen LogP contribution in [0.3, 0.4) is 0 Å². The Kier molecular flexibility index (Phi) is 3.60. The summed E-state index contributed by atoms with van der Waals surface area (Å²) in [6.07, 6.45) is 5.80. The molecule has 0 aromatic carbocycles. The van der Waals surface area contributed by atoms with Crippen molar-refractivity contribution in [3.63, 3.8) is 0 Å². The molecule has 0 unspecified atom stereocenters. The molecule has 80 valence electrons. The van der Waals surface area contributed by atoms with Crippen molar-refractivity contribution in [1.82, 2.24) is 10.6 Å². The van der Waals surface area contributed by atoms with E-state index >= 15 is 0 Å². The van der Waals surface area contributed by atoms with Crippen LogP contribution in [0.5, 0.6) is 0 Å². The van der Waals surface area contributed by atoms with Crippen LogP contribution in [0.4, 0.5) is 0 Å². The van der Waals surface area contributed by atoms with Crippen molar-refractivity contribution in [2.45, 2.75) is 32.6 Å². The van der Waals surface area contributed by atoms with Gasteiger partial charge >= 0.3 is 0 Å². The van der Waals surface area contributed by atoms with Crippen LogP contribution in [0.2, 0.25) is 0 Å². The maximum atomic E-state index is 3.53. The highest BCUT2D eigenvalue weighted by Crippen LogP contribution is 2.33. The molecule has 1 aliphatic carbocycles. The van der Waals surface area contributed by atoms with E-state index in [1.165, 1.54) is 32.2 Å². The molecule has 2 fully saturated rings. The van der Waals surface area contributed by atoms with E-state index in [9.17, 15) is 0 Å². The molecule has 0 aromatic heterocycles. The molecular weight excluding hydrogens is 172 g/mol. The minimum atomic E-state index is 1.09. The summed E-state index contributed by atoms with van der Waals surface area (Å²) >= 11 is 0. The van der Waals surface area contributed by atoms with Crippen molar-refractivity contribution in [2.24, 2.45) is 5.92 Å². The molecule has 0 aromatic rings. The van der Waals surface area contributed by atoms with Crippen LogP contribution in [-0.4, -0.2) is 26.2 Å². The Hall–Kier alpha value is -0.340. The molecule has 14 heavy (non-hydrogen) atoms. The number of hydrogen-bond donors (Lipinski definition) is 2. The summed E-state index contributed by atoms with van der Waals surface area (Å²) in [5, 5.41) is 6.81. The van der Waals surface area contributed by atoms with Gasteiger partial charge in [-0.2, -0.15) is 0 Å². The molecule has 2 aliphatic rings. The van der Waals surface area contributed by atoms with Crippen molar-refractivity contribution in [3.05, 3.63) is 11.1 Å². The summed E-state index contributed by atoms with van der Waals surface area (Å²) in [6, 6.07) is 0. The maximum absolute atomic E-state index is 3.53. The second kappa shape index (κ2) is 4.94. The van der Waals surface area contributed by atoms with E-state index < -0.39 is 0 Å². The maximum Gasteiger partial charge on any atom is 0.0183 e. The van der Waals surface area contributed by atoms with E-state index in [2.05, 4.69) is 17.6 Å². The second-order valence-corrected chi connectivity index (χ2v) is 4.75. The normalized spacial score (nSPS) is 20.8. The van der Waals surface area contributed by atoms with E-state index in [4.69, 9.17) is 0 Å². The zero-order chi connectivity index (χ0) is 9.80. The minimum Gasteiger partial charge on any atom is -0.313 e. The lowest BCUT2D eigenvalue weighted by atomic mass is 10.0. The Morgan fingerprint density at radius 2 is 2.21 bits per heavy atom. The van der Waals surface area contributed by atoms with Gasteiger partial charge < -0.3 is 10.6 Å². The molecule has 2 N–H and O–H groups in total. The van der Waals surface area contributed by atoms with Gasteiger partial charge in [0.2, 0.25) is 0 Å². The van der Waals surface area contributed by atoms with Crippen molar-refractivity contribution < 1.29 is 0 Å². The van der Waals surface area contributed by atoms with Crippen molar-refractivity contribution >= 4 is 0 Å². The molecule has 0 spiro atoms. The van der Waals surface area contributed by atoms with Gasteiger partial charge in [0.05, 0.1) is 0 Å². The summed E-state index contributed by atoms with van der Waals surface area (Å²) in [5.41, 5.74) is 3.16. The van der Waals surface area contributed by atoms with Gasteiger partial charge in [0, 0.05) is 19.6 Å². The smallest absolute Gasteiger partial charge is 0.0183 e.